The van der Waals surface area contributed by atoms with Crippen LogP contribution < -0.4 is 15.0 Å². The van der Waals surface area contributed by atoms with Crippen LogP contribution in [0.5, 0.6) is 5.75 Å². The summed E-state index contributed by atoms with van der Waals surface area (Å²) in [5.41, 5.74) is 3.08. The highest BCUT2D eigenvalue weighted by atomic mass is 32.2. The van der Waals surface area contributed by atoms with E-state index in [1.165, 1.54) is 3.97 Å². The van der Waals surface area contributed by atoms with Crippen LogP contribution in [0.25, 0.3) is 11.0 Å². The van der Waals surface area contributed by atoms with Gasteiger partial charge in [0.2, 0.25) is 0 Å². The molecule has 2 N–H and O–H groups in total. The van der Waals surface area contributed by atoms with E-state index < -0.39 is 10.0 Å². The highest BCUT2D eigenvalue weighted by Gasteiger charge is 2.29. The van der Waals surface area contributed by atoms with Crippen molar-refractivity contribution in [3.8, 4) is 5.75 Å². The fraction of sp³-hybridized carbons (Fsp3) is 0.300. The Balaban J connectivity index is 0.000000687. The molecule has 2 aliphatic heterocycles. The fourth-order valence-corrected chi connectivity index (χ4v) is 5.38. The molecule has 10 heteroatoms. The lowest BCUT2D eigenvalue weighted by atomic mass is 10.2. The molecule has 4 heterocycles. The van der Waals surface area contributed by atoms with Crippen LogP contribution in [0, 0.1) is 0 Å². The van der Waals surface area contributed by atoms with Crippen molar-refractivity contribution < 1.29 is 23.1 Å². The molecule has 0 saturated carbocycles. The maximum absolute atomic E-state index is 13.5. The summed E-state index contributed by atoms with van der Waals surface area (Å²) in [6.45, 7) is 3.64. The van der Waals surface area contributed by atoms with Gasteiger partial charge in [0.25, 0.3) is 16.5 Å². The number of pyridine rings is 1. The Bertz CT molecular complexity index is 1170. The van der Waals surface area contributed by atoms with Crippen molar-refractivity contribution >= 4 is 33.2 Å². The minimum Gasteiger partial charge on any atom is -0.492 e. The molecule has 2 aromatic heterocycles. The van der Waals surface area contributed by atoms with Crippen molar-refractivity contribution in [1.29, 1.82) is 0 Å². The number of benzene rings is 1. The maximum atomic E-state index is 13.5. The van der Waals surface area contributed by atoms with Gasteiger partial charge in [-0.25, -0.2) is 12.4 Å². The minimum absolute atomic E-state index is 0.213. The van der Waals surface area contributed by atoms with Crippen LogP contribution in [-0.4, -0.2) is 61.7 Å². The quantitative estimate of drug-likeness (QED) is 0.598. The summed E-state index contributed by atoms with van der Waals surface area (Å²) in [6.07, 6.45) is 4.14. The molecule has 1 fully saturated rings. The standard InChI is InChI=1S/C19H20N4O3S.CH2O2/c24-27(25,17-5-1-3-14-6-12-26-19(14)17)23-13-16(22-10-8-20-9-11-22)18-15(23)4-2-7-21-18;2-1-3/h1-5,7,13,20H,6,8-12H2;1H,(H,2,3). The van der Waals surface area contributed by atoms with Crippen molar-refractivity contribution in [2.75, 3.05) is 37.7 Å². The van der Waals surface area contributed by atoms with Crippen molar-refractivity contribution in [3.63, 3.8) is 0 Å². The topological polar surface area (TPSA) is 114 Å². The van der Waals surface area contributed by atoms with Gasteiger partial charge >= 0.3 is 0 Å². The zero-order valence-electron chi connectivity index (χ0n) is 16.2. The van der Waals surface area contributed by atoms with Crippen LogP contribution in [-0.2, 0) is 21.2 Å². The number of piperazine rings is 1. The van der Waals surface area contributed by atoms with Gasteiger partial charge in [-0.05, 0) is 23.8 Å². The first kappa shape index (κ1) is 20.2. The molecule has 0 radical (unpaired) electrons. The van der Waals surface area contributed by atoms with Gasteiger partial charge in [0.1, 0.15) is 16.2 Å². The second-order valence-electron chi connectivity index (χ2n) is 6.87. The monoisotopic (exact) mass is 430 g/mol. The Labute approximate surface area is 173 Å². The van der Waals surface area contributed by atoms with E-state index in [0.29, 0.717) is 23.4 Å². The zero-order chi connectivity index (χ0) is 21.1. The van der Waals surface area contributed by atoms with Crippen molar-refractivity contribution in [3.05, 3.63) is 48.3 Å². The van der Waals surface area contributed by atoms with Gasteiger partial charge in [-0.15, -0.1) is 0 Å². The Hall–Kier alpha value is -3.11. The lowest BCUT2D eigenvalue weighted by molar-refractivity contribution is -0.122. The molecule has 0 aliphatic carbocycles. The summed E-state index contributed by atoms with van der Waals surface area (Å²) in [5, 5.41) is 10.2. The Morgan fingerprint density at radius 3 is 2.70 bits per heavy atom. The lowest BCUT2D eigenvalue weighted by Crippen LogP contribution is -2.43. The van der Waals surface area contributed by atoms with Gasteiger partial charge in [-0.3, -0.25) is 9.78 Å². The Kier molecular flexibility index (Phi) is 5.60. The molecule has 158 valence electrons. The second-order valence-corrected chi connectivity index (χ2v) is 8.66. The molecular formula is C20H22N4O5S. The van der Waals surface area contributed by atoms with E-state index in [9.17, 15) is 8.42 Å². The third-order valence-electron chi connectivity index (χ3n) is 5.18. The number of aromatic nitrogens is 2. The number of hydrogen-bond acceptors (Lipinski definition) is 7. The first-order chi connectivity index (χ1) is 14.6. The van der Waals surface area contributed by atoms with Crippen LogP contribution >= 0.6 is 0 Å². The molecule has 0 bridgehead atoms. The SMILES string of the molecule is O=CO.O=S(=O)(c1cccc2c1OCC2)n1cc(N2CCNCC2)c2ncccc21. The maximum Gasteiger partial charge on any atom is 0.290 e. The summed E-state index contributed by atoms with van der Waals surface area (Å²) in [7, 11) is -3.80. The van der Waals surface area contributed by atoms with Gasteiger partial charge in [0, 0.05) is 45.0 Å². The molecule has 3 aromatic rings. The van der Waals surface area contributed by atoms with E-state index in [4.69, 9.17) is 14.6 Å². The van der Waals surface area contributed by atoms with Crippen LogP contribution in [0.1, 0.15) is 5.56 Å². The molecule has 0 atom stereocenters. The summed E-state index contributed by atoms with van der Waals surface area (Å²) in [6, 6.07) is 8.88. The predicted octanol–water partition coefficient (Wildman–Crippen LogP) is 1.32. The molecular weight excluding hydrogens is 408 g/mol. The van der Waals surface area contributed by atoms with Crippen molar-refractivity contribution in [1.82, 2.24) is 14.3 Å². The van der Waals surface area contributed by atoms with E-state index in [1.54, 1.807) is 36.7 Å². The summed E-state index contributed by atoms with van der Waals surface area (Å²) < 4.78 is 34.1. The van der Waals surface area contributed by atoms with Crippen LogP contribution in [0.15, 0.2) is 47.6 Å². The van der Waals surface area contributed by atoms with Crippen LogP contribution in [0.4, 0.5) is 5.69 Å². The van der Waals surface area contributed by atoms with Crippen LogP contribution in [0.2, 0.25) is 0 Å². The van der Waals surface area contributed by atoms with E-state index in [2.05, 4.69) is 15.2 Å². The number of carboxylic acid groups (broad SMARTS) is 1. The number of hydrogen-bond donors (Lipinski definition) is 2. The summed E-state index contributed by atoms with van der Waals surface area (Å²) in [4.78, 5) is 15.2. The normalized spacial score (nSPS) is 15.8. The third kappa shape index (κ3) is 3.48. The average Bonchev–Trinajstić information content (AvgIpc) is 3.40. The predicted molar refractivity (Wildman–Crippen MR) is 112 cm³/mol. The third-order valence-corrected chi connectivity index (χ3v) is 6.88. The largest absolute Gasteiger partial charge is 0.492 e. The van der Waals surface area contributed by atoms with Gasteiger partial charge in [-0.1, -0.05) is 12.1 Å². The molecule has 9 nitrogen and oxygen atoms in total. The highest BCUT2D eigenvalue weighted by Crippen LogP contribution is 2.36. The number of nitrogens with zero attached hydrogens (tertiary/aromatic N) is 3. The van der Waals surface area contributed by atoms with Gasteiger partial charge in [-0.2, -0.15) is 0 Å². The minimum atomic E-state index is -3.80. The first-order valence-corrected chi connectivity index (χ1v) is 11.0. The number of anilines is 1. The Morgan fingerprint density at radius 1 is 1.17 bits per heavy atom. The number of para-hydroxylation sites is 1. The fourth-order valence-electron chi connectivity index (χ4n) is 3.84. The highest BCUT2D eigenvalue weighted by molar-refractivity contribution is 7.90. The van der Waals surface area contributed by atoms with Gasteiger partial charge in [0.05, 0.1) is 17.8 Å². The molecule has 1 aromatic carbocycles. The number of rotatable bonds is 3. The molecule has 0 amide bonds. The average molecular weight is 430 g/mol. The first-order valence-electron chi connectivity index (χ1n) is 9.58. The lowest BCUT2D eigenvalue weighted by Gasteiger charge is -2.28. The van der Waals surface area contributed by atoms with E-state index in [-0.39, 0.29) is 11.4 Å². The summed E-state index contributed by atoms with van der Waals surface area (Å²) in [5.74, 6) is 0.479. The number of ether oxygens (including phenoxy) is 1. The molecule has 30 heavy (non-hydrogen) atoms. The molecule has 1 saturated heterocycles. The van der Waals surface area contributed by atoms with Crippen molar-refractivity contribution in [2.24, 2.45) is 0 Å². The van der Waals surface area contributed by atoms with Gasteiger partial charge in [0.15, 0.2) is 0 Å². The van der Waals surface area contributed by atoms with E-state index in [1.807, 2.05) is 6.07 Å². The van der Waals surface area contributed by atoms with Crippen LogP contribution in [0.3, 0.4) is 0 Å². The zero-order valence-corrected chi connectivity index (χ0v) is 17.0. The number of carbonyl (C=O) groups is 1. The summed E-state index contributed by atoms with van der Waals surface area (Å²) >= 11 is 0. The van der Waals surface area contributed by atoms with E-state index >= 15 is 0 Å². The molecule has 5 rings (SSSR count). The molecule has 2 aliphatic rings. The molecule has 0 spiro atoms. The van der Waals surface area contributed by atoms with Crippen molar-refractivity contribution in [2.45, 2.75) is 11.3 Å². The number of fused-ring (bicyclic) bond motifs is 2. The smallest absolute Gasteiger partial charge is 0.290 e. The Morgan fingerprint density at radius 2 is 1.93 bits per heavy atom. The van der Waals surface area contributed by atoms with E-state index in [0.717, 1.165) is 43.9 Å². The second kappa shape index (κ2) is 8.33. The van der Waals surface area contributed by atoms with Gasteiger partial charge < -0.3 is 20.1 Å². The molecule has 0 unspecified atom stereocenters. The number of nitrogens with one attached hydrogen (secondary N) is 1.